The van der Waals surface area contributed by atoms with E-state index in [1.165, 1.54) is 11.8 Å². The van der Waals surface area contributed by atoms with E-state index in [0.29, 0.717) is 19.0 Å². The molecule has 1 N–H and O–H groups in total. The van der Waals surface area contributed by atoms with E-state index in [1.807, 2.05) is 60.7 Å². The minimum absolute atomic E-state index is 0.0247. The third-order valence-corrected chi connectivity index (χ3v) is 5.69. The minimum Gasteiger partial charge on any atom is -0.378 e. The fourth-order valence-electron chi connectivity index (χ4n) is 2.82. The highest BCUT2D eigenvalue weighted by Gasteiger charge is 2.19. The zero-order valence-electron chi connectivity index (χ0n) is 14.5. The fraction of sp³-hybridized carbons (Fsp3) is 0.300. The van der Waals surface area contributed by atoms with Crippen LogP contribution >= 0.6 is 24.0 Å². The number of hydrogen-bond acceptors (Lipinski definition) is 4. The van der Waals surface area contributed by atoms with Crippen molar-refractivity contribution in [2.75, 3.05) is 32.1 Å². The predicted octanol–water partition coefficient (Wildman–Crippen LogP) is 3.24. The van der Waals surface area contributed by atoms with E-state index in [0.717, 1.165) is 28.5 Å². The molecule has 4 nitrogen and oxygen atoms in total. The Morgan fingerprint density at radius 2 is 1.58 bits per heavy atom. The van der Waals surface area contributed by atoms with Crippen molar-refractivity contribution in [1.82, 2.24) is 10.2 Å². The van der Waals surface area contributed by atoms with Crippen LogP contribution in [0.15, 0.2) is 60.7 Å². The summed E-state index contributed by atoms with van der Waals surface area (Å²) in [4.78, 5) is 14.7. The van der Waals surface area contributed by atoms with Gasteiger partial charge in [0.2, 0.25) is 5.91 Å². The van der Waals surface area contributed by atoms with Gasteiger partial charge in [-0.2, -0.15) is 0 Å². The van der Waals surface area contributed by atoms with E-state index in [1.54, 1.807) is 0 Å². The lowest BCUT2D eigenvalue weighted by molar-refractivity contribution is -0.119. The van der Waals surface area contributed by atoms with Crippen LogP contribution in [-0.4, -0.2) is 47.2 Å². The van der Waals surface area contributed by atoms with Crippen molar-refractivity contribution in [1.29, 1.82) is 0 Å². The van der Waals surface area contributed by atoms with Gasteiger partial charge >= 0.3 is 0 Å². The highest BCUT2D eigenvalue weighted by atomic mass is 32.2. The Bertz CT molecular complexity index is 680. The molecule has 1 aliphatic heterocycles. The molecule has 2 aromatic carbocycles. The van der Waals surface area contributed by atoms with Crippen LogP contribution in [0.4, 0.5) is 0 Å². The summed E-state index contributed by atoms with van der Waals surface area (Å²) in [5.74, 6) is 0.287. The summed E-state index contributed by atoms with van der Waals surface area (Å²) in [6, 6.07) is 19.9. The van der Waals surface area contributed by atoms with Gasteiger partial charge in [0.1, 0.15) is 4.32 Å². The smallest absolute Gasteiger partial charge is 0.231 e. The van der Waals surface area contributed by atoms with Gasteiger partial charge < -0.3 is 15.0 Å². The van der Waals surface area contributed by atoms with Gasteiger partial charge in [-0.05, 0) is 11.1 Å². The average Bonchev–Trinajstić information content (AvgIpc) is 2.72. The lowest BCUT2D eigenvalue weighted by Gasteiger charge is -2.28. The summed E-state index contributed by atoms with van der Waals surface area (Å²) in [5.41, 5.74) is 2.13. The third kappa shape index (κ3) is 5.30. The quantitative estimate of drug-likeness (QED) is 0.799. The Hall–Kier alpha value is -1.89. The van der Waals surface area contributed by atoms with E-state index in [4.69, 9.17) is 17.0 Å². The summed E-state index contributed by atoms with van der Waals surface area (Å²) in [5, 5.41) is 3.15. The van der Waals surface area contributed by atoms with E-state index >= 15 is 0 Å². The van der Waals surface area contributed by atoms with Crippen LogP contribution in [0, 0.1) is 0 Å². The molecule has 2 aromatic rings. The Morgan fingerprint density at radius 1 is 1.04 bits per heavy atom. The first kappa shape index (κ1) is 18.9. The van der Waals surface area contributed by atoms with Crippen LogP contribution in [-0.2, 0) is 9.53 Å². The van der Waals surface area contributed by atoms with E-state index in [-0.39, 0.29) is 11.9 Å². The monoisotopic (exact) mass is 386 g/mol. The zero-order valence-corrected chi connectivity index (χ0v) is 16.1. The predicted molar refractivity (Wildman–Crippen MR) is 110 cm³/mol. The van der Waals surface area contributed by atoms with Crippen molar-refractivity contribution in [3.8, 4) is 0 Å². The summed E-state index contributed by atoms with van der Waals surface area (Å²) in [6.45, 7) is 2.97. The molecule has 26 heavy (non-hydrogen) atoms. The van der Waals surface area contributed by atoms with Gasteiger partial charge in [0.05, 0.1) is 25.0 Å². The second-order valence-electron chi connectivity index (χ2n) is 5.98. The molecule has 1 heterocycles. The van der Waals surface area contributed by atoms with Gasteiger partial charge in [0.15, 0.2) is 0 Å². The first-order valence-corrected chi connectivity index (χ1v) is 10.0. The van der Waals surface area contributed by atoms with Gasteiger partial charge in [0, 0.05) is 13.1 Å². The number of carbonyl (C=O) groups is 1. The number of rotatable bonds is 5. The maximum atomic E-state index is 12.6. The van der Waals surface area contributed by atoms with Gasteiger partial charge in [-0.15, -0.1) is 0 Å². The van der Waals surface area contributed by atoms with Crippen molar-refractivity contribution in [2.24, 2.45) is 0 Å². The first-order valence-electron chi connectivity index (χ1n) is 8.63. The fourth-order valence-corrected chi connectivity index (χ4v) is 3.88. The molecule has 0 unspecified atom stereocenters. The molecule has 0 aromatic heterocycles. The van der Waals surface area contributed by atoms with Gasteiger partial charge in [-0.1, -0.05) is 84.6 Å². The Balaban J connectivity index is 1.61. The summed E-state index contributed by atoms with van der Waals surface area (Å²) in [6.07, 6.45) is 0. The molecule has 0 bridgehead atoms. The number of benzene rings is 2. The van der Waals surface area contributed by atoms with Gasteiger partial charge in [-0.3, -0.25) is 4.79 Å². The number of amides is 1. The molecule has 0 saturated carbocycles. The molecule has 3 rings (SSSR count). The van der Waals surface area contributed by atoms with Crippen LogP contribution in [0.25, 0.3) is 0 Å². The molecule has 136 valence electrons. The Kier molecular flexibility index (Phi) is 7.05. The standard InChI is InChI=1S/C20H22N2O2S2/c23-18(15-26-20(25)22-11-13-24-14-12-22)21-19(16-7-3-1-4-8-16)17-9-5-2-6-10-17/h1-10,19H,11-15H2,(H,21,23). The largest absolute Gasteiger partial charge is 0.378 e. The SMILES string of the molecule is O=C(CSC(=S)N1CCOCC1)NC(c1ccccc1)c1ccccc1. The number of nitrogens with one attached hydrogen (secondary N) is 1. The molecule has 1 saturated heterocycles. The summed E-state index contributed by atoms with van der Waals surface area (Å²) < 4.78 is 6.10. The second-order valence-corrected chi connectivity index (χ2v) is 7.59. The van der Waals surface area contributed by atoms with E-state index in [2.05, 4.69) is 10.2 Å². The number of carbonyl (C=O) groups excluding carboxylic acids is 1. The maximum absolute atomic E-state index is 12.6. The first-order chi connectivity index (χ1) is 12.7. The third-order valence-electron chi connectivity index (χ3n) is 4.17. The Labute approximate surface area is 163 Å². The van der Waals surface area contributed by atoms with E-state index < -0.39 is 0 Å². The van der Waals surface area contributed by atoms with Crippen molar-refractivity contribution in [3.63, 3.8) is 0 Å². The summed E-state index contributed by atoms with van der Waals surface area (Å²) in [7, 11) is 0. The van der Waals surface area contributed by atoms with Crippen molar-refractivity contribution >= 4 is 34.2 Å². The molecular formula is C20H22N2O2S2. The number of morpholine rings is 1. The van der Waals surface area contributed by atoms with Crippen LogP contribution in [0.5, 0.6) is 0 Å². The van der Waals surface area contributed by atoms with Crippen LogP contribution in [0.3, 0.4) is 0 Å². The van der Waals surface area contributed by atoms with Gasteiger partial charge in [-0.25, -0.2) is 0 Å². The number of ether oxygens (including phenoxy) is 1. The molecule has 1 amide bonds. The highest BCUT2D eigenvalue weighted by Crippen LogP contribution is 2.22. The lowest BCUT2D eigenvalue weighted by atomic mass is 9.99. The topological polar surface area (TPSA) is 41.6 Å². The molecule has 1 fully saturated rings. The number of hydrogen-bond donors (Lipinski definition) is 1. The summed E-state index contributed by atoms with van der Waals surface area (Å²) >= 11 is 6.86. The van der Waals surface area contributed by atoms with Crippen molar-refractivity contribution < 1.29 is 9.53 Å². The lowest BCUT2D eigenvalue weighted by Crippen LogP contribution is -2.39. The molecule has 0 radical (unpaired) electrons. The molecule has 6 heteroatoms. The molecule has 1 aliphatic rings. The van der Waals surface area contributed by atoms with Crippen LogP contribution in [0.1, 0.15) is 17.2 Å². The highest BCUT2D eigenvalue weighted by molar-refractivity contribution is 8.23. The molecular weight excluding hydrogens is 364 g/mol. The molecule has 0 aliphatic carbocycles. The number of thiocarbonyl (C=S) groups is 1. The van der Waals surface area contributed by atoms with Crippen LogP contribution < -0.4 is 5.32 Å². The van der Waals surface area contributed by atoms with Crippen molar-refractivity contribution in [2.45, 2.75) is 6.04 Å². The normalized spacial score (nSPS) is 14.3. The number of thioether (sulfide) groups is 1. The number of nitrogens with zero attached hydrogens (tertiary/aromatic N) is 1. The maximum Gasteiger partial charge on any atom is 0.231 e. The Morgan fingerprint density at radius 3 is 2.12 bits per heavy atom. The second kappa shape index (κ2) is 9.71. The van der Waals surface area contributed by atoms with Gasteiger partial charge in [0.25, 0.3) is 0 Å². The zero-order chi connectivity index (χ0) is 18.2. The van der Waals surface area contributed by atoms with E-state index in [9.17, 15) is 4.79 Å². The van der Waals surface area contributed by atoms with Crippen LogP contribution in [0.2, 0.25) is 0 Å². The molecule has 0 spiro atoms. The average molecular weight is 387 g/mol. The molecule has 0 atom stereocenters. The van der Waals surface area contributed by atoms with Crippen molar-refractivity contribution in [3.05, 3.63) is 71.8 Å². The minimum atomic E-state index is -0.164.